The van der Waals surface area contributed by atoms with Gasteiger partial charge in [0.05, 0.1) is 0 Å². The van der Waals surface area contributed by atoms with Crippen LogP contribution >= 0.6 is 11.8 Å². The molecule has 0 heterocycles. The average Bonchev–Trinajstić information content (AvgIpc) is 2.03. The third kappa shape index (κ3) is 10.3. The summed E-state index contributed by atoms with van der Waals surface area (Å²) in [5.41, 5.74) is 0. The van der Waals surface area contributed by atoms with Crippen LogP contribution in [-0.2, 0) is 0 Å². The van der Waals surface area contributed by atoms with E-state index in [4.69, 9.17) is 5.11 Å². The lowest BCUT2D eigenvalue weighted by Gasteiger charge is -1.99. The second-order valence-electron chi connectivity index (χ2n) is 2.75. The molecule has 2 heteroatoms. The fourth-order valence-electron chi connectivity index (χ4n) is 0.872. The molecule has 0 bridgehead atoms. The van der Waals surface area contributed by atoms with Crippen LogP contribution in [0.3, 0.4) is 0 Å². The van der Waals surface area contributed by atoms with E-state index in [1.54, 1.807) is 0 Å². The van der Waals surface area contributed by atoms with Crippen molar-refractivity contribution in [2.45, 2.75) is 39.0 Å². The first-order valence-corrected chi connectivity index (χ1v) is 5.76. The van der Waals surface area contributed by atoms with Crippen molar-refractivity contribution in [3.8, 4) is 0 Å². The number of thioether (sulfide) groups is 1. The maximum Gasteiger partial charge on any atom is 0.0431 e. The second kappa shape index (κ2) is 10.3. The molecule has 0 rings (SSSR count). The number of aliphatic hydroxyl groups excluding tert-OH is 1. The van der Waals surface area contributed by atoms with E-state index in [0.29, 0.717) is 6.61 Å². The van der Waals surface area contributed by atoms with Gasteiger partial charge in [-0.15, -0.1) is 0 Å². The molecule has 0 saturated heterocycles. The summed E-state index contributed by atoms with van der Waals surface area (Å²) in [7, 11) is 0. The highest BCUT2D eigenvalue weighted by atomic mass is 32.2. The zero-order chi connectivity index (χ0) is 8.36. The van der Waals surface area contributed by atoms with E-state index < -0.39 is 0 Å². The fraction of sp³-hybridized carbons (Fsp3) is 1.00. The van der Waals surface area contributed by atoms with E-state index in [-0.39, 0.29) is 0 Å². The van der Waals surface area contributed by atoms with Gasteiger partial charge < -0.3 is 5.11 Å². The molecule has 68 valence electrons. The largest absolute Gasteiger partial charge is 0.396 e. The molecule has 0 aliphatic carbocycles. The van der Waals surface area contributed by atoms with Gasteiger partial charge in [-0.3, -0.25) is 0 Å². The number of rotatable bonds is 8. The number of hydrogen-bond acceptors (Lipinski definition) is 2. The Bertz CT molecular complexity index is 58.6. The normalized spacial score (nSPS) is 10.4. The molecule has 0 aromatic carbocycles. The molecule has 0 saturated carbocycles. The van der Waals surface area contributed by atoms with E-state index >= 15 is 0 Å². The summed E-state index contributed by atoms with van der Waals surface area (Å²) in [6, 6.07) is 0. The Morgan fingerprint density at radius 1 is 1.00 bits per heavy atom. The lowest BCUT2D eigenvalue weighted by molar-refractivity contribution is 0.287. The molecule has 0 aliphatic rings. The van der Waals surface area contributed by atoms with Crippen molar-refractivity contribution in [3.05, 3.63) is 0 Å². The van der Waals surface area contributed by atoms with Gasteiger partial charge in [0.25, 0.3) is 0 Å². The van der Waals surface area contributed by atoms with Gasteiger partial charge in [-0.2, -0.15) is 11.8 Å². The highest BCUT2D eigenvalue weighted by Gasteiger charge is 1.89. The van der Waals surface area contributed by atoms with Gasteiger partial charge in [-0.05, 0) is 30.8 Å². The lowest BCUT2D eigenvalue weighted by atomic mass is 10.3. The summed E-state index contributed by atoms with van der Waals surface area (Å²) in [6.45, 7) is 2.59. The van der Waals surface area contributed by atoms with E-state index in [0.717, 1.165) is 6.42 Å². The summed E-state index contributed by atoms with van der Waals surface area (Å²) < 4.78 is 0. The SMILES string of the molecule is CCCCCSCCCCO. The molecule has 0 radical (unpaired) electrons. The zero-order valence-corrected chi connectivity index (χ0v) is 8.33. The van der Waals surface area contributed by atoms with Crippen molar-refractivity contribution in [1.82, 2.24) is 0 Å². The molecule has 0 aliphatic heterocycles. The Morgan fingerprint density at radius 3 is 2.18 bits per heavy atom. The molecule has 1 N–H and O–H groups in total. The Hall–Kier alpha value is 0.310. The number of aliphatic hydroxyl groups is 1. The van der Waals surface area contributed by atoms with Gasteiger partial charge in [0.1, 0.15) is 0 Å². The quantitative estimate of drug-likeness (QED) is 0.574. The van der Waals surface area contributed by atoms with Crippen molar-refractivity contribution in [3.63, 3.8) is 0 Å². The van der Waals surface area contributed by atoms with Crippen molar-refractivity contribution < 1.29 is 5.11 Å². The molecule has 0 amide bonds. The van der Waals surface area contributed by atoms with Crippen LogP contribution in [0.4, 0.5) is 0 Å². The van der Waals surface area contributed by atoms with Crippen molar-refractivity contribution in [1.29, 1.82) is 0 Å². The van der Waals surface area contributed by atoms with Crippen LogP contribution in [0.5, 0.6) is 0 Å². The summed E-state index contributed by atoms with van der Waals surface area (Å²) >= 11 is 2.02. The minimum absolute atomic E-state index is 0.357. The van der Waals surface area contributed by atoms with Crippen LogP contribution in [0.2, 0.25) is 0 Å². The standard InChI is InChI=1S/C9H20OS/c1-2-3-5-8-11-9-6-4-7-10/h10H,2-9H2,1H3. The molecular weight excluding hydrogens is 156 g/mol. The summed E-state index contributed by atoms with van der Waals surface area (Å²) in [4.78, 5) is 0. The molecule has 0 aromatic rings. The van der Waals surface area contributed by atoms with Crippen molar-refractivity contribution in [2.24, 2.45) is 0 Å². The lowest BCUT2D eigenvalue weighted by Crippen LogP contribution is -1.87. The first kappa shape index (κ1) is 11.3. The van der Waals surface area contributed by atoms with Crippen LogP contribution in [0.1, 0.15) is 39.0 Å². The van der Waals surface area contributed by atoms with Crippen LogP contribution < -0.4 is 0 Å². The molecule has 11 heavy (non-hydrogen) atoms. The van der Waals surface area contributed by atoms with E-state index in [2.05, 4.69) is 6.92 Å². The van der Waals surface area contributed by atoms with Crippen LogP contribution in [0, 0.1) is 0 Å². The number of hydrogen-bond donors (Lipinski definition) is 1. The molecular formula is C9H20OS. The topological polar surface area (TPSA) is 20.2 Å². The highest BCUT2D eigenvalue weighted by molar-refractivity contribution is 7.99. The van der Waals surface area contributed by atoms with Crippen molar-refractivity contribution in [2.75, 3.05) is 18.1 Å². The smallest absolute Gasteiger partial charge is 0.0431 e. The molecule has 0 unspecified atom stereocenters. The zero-order valence-electron chi connectivity index (χ0n) is 7.51. The molecule has 0 aromatic heterocycles. The highest BCUT2D eigenvalue weighted by Crippen LogP contribution is 2.08. The van der Waals surface area contributed by atoms with Gasteiger partial charge >= 0.3 is 0 Å². The summed E-state index contributed by atoms with van der Waals surface area (Å²) in [5.74, 6) is 2.53. The minimum Gasteiger partial charge on any atom is -0.396 e. The predicted molar refractivity (Wildman–Crippen MR) is 53.2 cm³/mol. The molecule has 1 nitrogen and oxygen atoms in total. The first-order valence-electron chi connectivity index (χ1n) is 4.60. The Morgan fingerprint density at radius 2 is 1.64 bits per heavy atom. The maximum atomic E-state index is 8.50. The van der Waals surface area contributed by atoms with Crippen molar-refractivity contribution >= 4 is 11.8 Å². The Kier molecular flexibility index (Phi) is 10.6. The third-order valence-electron chi connectivity index (χ3n) is 1.59. The van der Waals surface area contributed by atoms with Crippen LogP contribution in [0.15, 0.2) is 0 Å². The predicted octanol–water partition coefficient (Wildman–Crippen LogP) is 2.68. The van der Waals surface area contributed by atoms with Gasteiger partial charge in [0.2, 0.25) is 0 Å². The summed E-state index contributed by atoms with van der Waals surface area (Å²) in [6.07, 6.45) is 6.19. The van der Waals surface area contributed by atoms with Gasteiger partial charge in [-0.1, -0.05) is 19.8 Å². The van der Waals surface area contributed by atoms with Gasteiger partial charge in [0, 0.05) is 6.61 Å². The molecule has 0 fully saturated rings. The molecule has 0 spiro atoms. The van der Waals surface area contributed by atoms with Crippen LogP contribution in [0.25, 0.3) is 0 Å². The van der Waals surface area contributed by atoms with E-state index in [9.17, 15) is 0 Å². The minimum atomic E-state index is 0.357. The first-order chi connectivity index (χ1) is 5.41. The Balaban J connectivity index is 2.69. The third-order valence-corrected chi connectivity index (χ3v) is 2.74. The van der Waals surface area contributed by atoms with E-state index in [1.165, 1.54) is 37.2 Å². The molecule has 0 atom stereocenters. The monoisotopic (exact) mass is 176 g/mol. The Labute approximate surface area is 74.6 Å². The summed E-state index contributed by atoms with van der Waals surface area (Å²) in [5, 5.41) is 8.50. The average molecular weight is 176 g/mol. The number of unbranched alkanes of at least 4 members (excludes halogenated alkanes) is 3. The van der Waals surface area contributed by atoms with Gasteiger partial charge in [0.15, 0.2) is 0 Å². The van der Waals surface area contributed by atoms with Crippen LogP contribution in [-0.4, -0.2) is 23.2 Å². The second-order valence-corrected chi connectivity index (χ2v) is 3.97. The fourth-order valence-corrected chi connectivity index (χ4v) is 1.89. The maximum absolute atomic E-state index is 8.50. The van der Waals surface area contributed by atoms with Gasteiger partial charge in [-0.25, -0.2) is 0 Å². The van der Waals surface area contributed by atoms with E-state index in [1.807, 2.05) is 11.8 Å².